The van der Waals surface area contributed by atoms with Gasteiger partial charge in [0.2, 0.25) is 5.13 Å². The van der Waals surface area contributed by atoms with Gasteiger partial charge in [-0.05, 0) is 29.8 Å². The van der Waals surface area contributed by atoms with Gasteiger partial charge in [0.1, 0.15) is 0 Å². The Hall–Kier alpha value is -1.98. The second-order valence-corrected chi connectivity index (χ2v) is 6.57. The largest absolute Gasteiger partial charge is 0.218 e. The number of thiazole rings is 1. The highest BCUT2D eigenvalue weighted by Crippen LogP contribution is 2.26. The fourth-order valence-electron chi connectivity index (χ4n) is 2.18. The number of aromatic nitrogens is 3. The predicted octanol–water partition coefficient (Wildman–Crippen LogP) is 4.91. The molecule has 2 heterocycles. The normalized spacial score (nSPS) is 11.1. The average molecular weight is 356 g/mol. The van der Waals surface area contributed by atoms with E-state index in [-0.39, 0.29) is 0 Å². The Labute approximate surface area is 134 Å². The molecule has 0 aliphatic heterocycles. The van der Waals surface area contributed by atoms with E-state index in [4.69, 9.17) is 0 Å². The van der Waals surface area contributed by atoms with Gasteiger partial charge in [0.15, 0.2) is 0 Å². The molecule has 4 aromatic rings. The van der Waals surface area contributed by atoms with Crippen LogP contribution in [0.3, 0.4) is 0 Å². The molecule has 2 aromatic carbocycles. The third-order valence-corrected chi connectivity index (χ3v) is 4.79. The molecule has 0 fully saturated rings. The van der Waals surface area contributed by atoms with Crippen LogP contribution in [0.2, 0.25) is 0 Å². The minimum atomic E-state index is 0.888. The number of fused-ring (bicyclic) bond motifs is 1. The highest BCUT2D eigenvalue weighted by atomic mass is 79.9. The third-order valence-electron chi connectivity index (χ3n) is 3.24. The Balaban J connectivity index is 1.75. The zero-order chi connectivity index (χ0) is 14.2. The Morgan fingerprint density at radius 1 is 0.952 bits per heavy atom. The molecular formula is C16H10BrN3S. The molecule has 4 rings (SSSR count). The first-order valence-electron chi connectivity index (χ1n) is 6.46. The molecule has 0 N–H and O–H groups in total. The highest BCUT2D eigenvalue weighted by Gasteiger charge is 2.08. The summed E-state index contributed by atoms with van der Waals surface area (Å²) in [6.07, 6.45) is 3.89. The number of rotatable bonds is 2. The summed E-state index contributed by atoms with van der Waals surface area (Å²) < 4.78 is 4.08. The zero-order valence-corrected chi connectivity index (χ0v) is 13.3. The lowest BCUT2D eigenvalue weighted by Gasteiger charge is -1.96. The van der Waals surface area contributed by atoms with Crippen LogP contribution < -0.4 is 0 Å². The van der Waals surface area contributed by atoms with Gasteiger partial charge in [-0.25, -0.2) is 9.67 Å². The third kappa shape index (κ3) is 2.39. The Morgan fingerprint density at radius 3 is 2.57 bits per heavy atom. The molecule has 0 aliphatic rings. The van der Waals surface area contributed by atoms with E-state index < -0.39 is 0 Å². The van der Waals surface area contributed by atoms with Gasteiger partial charge in [0.05, 0.1) is 16.4 Å². The van der Waals surface area contributed by atoms with Crippen LogP contribution in [0.1, 0.15) is 0 Å². The lowest BCUT2D eigenvalue weighted by atomic mass is 10.1. The van der Waals surface area contributed by atoms with E-state index in [0.717, 1.165) is 26.2 Å². The van der Waals surface area contributed by atoms with Crippen molar-refractivity contribution in [1.29, 1.82) is 0 Å². The molecule has 3 nitrogen and oxygen atoms in total. The minimum Gasteiger partial charge on any atom is -0.218 e. The summed E-state index contributed by atoms with van der Waals surface area (Å²) in [5.41, 5.74) is 3.24. The summed E-state index contributed by atoms with van der Waals surface area (Å²) >= 11 is 5.09. The van der Waals surface area contributed by atoms with E-state index in [1.165, 1.54) is 4.70 Å². The number of halogens is 1. The van der Waals surface area contributed by atoms with Gasteiger partial charge in [-0.3, -0.25) is 0 Å². The summed E-state index contributed by atoms with van der Waals surface area (Å²) in [7, 11) is 0. The van der Waals surface area contributed by atoms with Gasteiger partial charge >= 0.3 is 0 Å². The molecule has 102 valence electrons. The number of nitrogens with zero attached hydrogens (tertiary/aromatic N) is 3. The summed E-state index contributed by atoms with van der Waals surface area (Å²) in [6, 6.07) is 16.3. The van der Waals surface area contributed by atoms with Crippen LogP contribution in [0.5, 0.6) is 0 Å². The molecule has 5 heteroatoms. The first kappa shape index (κ1) is 12.7. The highest BCUT2D eigenvalue weighted by molar-refractivity contribution is 9.10. The van der Waals surface area contributed by atoms with Crippen molar-refractivity contribution in [1.82, 2.24) is 14.8 Å². The van der Waals surface area contributed by atoms with E-state index in [9.17, 15) is 0 Å². The SMILES string of the molecule is Brc1ccc(-c2cnn(-c3nc4ccccc4s3)c2)cc1. The quantitative estimate of drug-likeness (QED) is 0.511. The van der Waals surface area contributed by atoms with Crippen LogP contribution in [-0.4, -0.2) is 14.8 Å². The number of hydrogen-bond acceptors (Lipinski definition) is 3. The van der Waals surface area contributed by atoms with Gasteiger partial charge in [-0.2, -0.15) is 5.10 Å². The Kier molecular flexibility index (Phi) is 3.09. The monoisotopic (exact) mass is 355 g/mol. The van der Waals surface area contributed by atoms with Gasteiger partial charge in [0, 0.05) is 16.2 Å². The van der Waals surface area contributed by atoms with E-state index in [1.807, 2.05) is 47.4 Å². The molecule has 0 atom stereocenters. The van der Waals surface area contributed by atoms with Crippen molar-refractivity contribution in [2.75, 3.05) is 0 Å². The molecule has 0 bridgehead atoms. The van der Waals surface area contributed by atoms with Crippen LogP contribution in [0.25, 0.3) is 26.5 Å². The number of benzene rings is 2. The second-order valence-electron chi connectivity index (χ2n) is 4.64. The summed E-state index contributed by atoms with van der Waals surface area (Å²) in [6.45, 7) is 0. The predicted molar refractivity (Wildman–Crippen MR) is 89.9 cm³/mol. The van der Waals surface area contributed by atoms with Crippen molar-refractivity contribution in [3.05, 3.63) is 65.4 Å². The molecule has 2 aromatic heterocycles. The molecule has 0 saturated carbocycles. The van der Waals surface area contributed by atoms with E-state index in [0.29, 0.717) is 0 Å². The van der Waals surface area contributed by atoms with Crippen LogP contribution in [0.4, 0.5) is 0 Å². The maximum atomic E-state index is 4.62. The standard InChI is InChI=1S/C16H10BrN3S/c17-13-7-5-11(6-8-13)12-9-18-20(10-12)16-19-14-3-1-2-4-15(14)21-16/h1-10H. The first-order valence-corrected chi connectivity index (χ1v) is 8.07. The molecule has 0 spiro atoms. The molecule has 0 radical (unpaired) electrons. The van der Waals surface area contributed by atoms with E-state index in [2.05, 4.69) is 44.2 Å². The fraction of sp³-hybridized carbons (Fsp3) is 0. The maximum Gasteiger partial charge on any atom is 0.211 e. The fourth-order valence-corrected chi connectivity index (χ4v) is 3.34. The lowest BCUT2D eigenvalue weighted by Crippen LogP contribution is -1.91. The second kappa shape index (κ2) is 5.09. The lowest BCUT2D eigenvalue weighted by molar-refractivity contribution is 0.873. The molecule has 0 amide bonds. The molecular weight excluding hydrogens is 346 g/mol. The smallest absolute Gasteiger partial charge is 0.211 e. The summed E-state index contributed by atoms with van der Waals surface area (Å²) in [5, 5.41) is 5.32. The van der Waals surface area contributed by atoms with E-state index >= 15 is 0 Å². The topological polar surface area (TPSA) is 30.7 Å². The van der Waals surface area contributed by atoms with Crippen LogP contribution in [0.15, 0.2) is 65.4 Å². The minimum absolute atomic E-state index is 0.888. The van der Waals surface area contributed by atoms with Crippen molar-refractivity contribution < 1.29 is 0 Å². The van der Waals surface area contributed by atoms with Crippen LogP contribution in [-0.2, 0) is 0 Å². The van der Waals surface area contributed by atoms with E-state index in [1.54, 1.807) is 11.3 Å². The van der Waals surface area contributed by atoms with Crippen LogP contribution in [0, 0.1) is 0 Å². The van der Waals surface area contributed by atoms with Crippen molar-refractivity contribution >= 4 is 37.5 Å². The molecule has 0 saturated heterocycles. The summed E-state index contributed by atoms with van der Waals surface area (Å²) in [4.78, 5) is 4.62. The summed E-state index contributed by atoms with van der Waals surface area (Å²) in [5.74, 6) is 0. The Bertz CT molecular complexity index is 876. The number of hydrogen-bond donors (Lipinski definition) is 0. The number of para-hydroxylation sites is 1. The molecule has 21 heavy (non-hydrogen) atoms. The first-order chi connectivity index (χ1) is 10.3. The maximum absolute atomic E-state index is 4.62. The molecule has 0 unspecified atom stereocenters. The van der Waals surface area contributed by atoms with Crippen LogP contribution >= 0.6 is 27.3 Å². The van der Waals surface area contributed by atoms with Crippen molar-refractivity contribution in [3.63, 3.8) is 0 Å². The van der Waals surface area contributed by atoms with Gasteiger partial charge in [-0.15, -0.1) is 0 Å². The van der Waals surface area contributed by atoms with Crippen molar-refractivity contribution in [2.24, 2.45) is 0 Å². The van der Waals surface area contributed by atoms with Gasteiger partial charge in [0.25, 0.3) is 0 Å². The average Bonchev–Trinajstić information content (AvgIpc) is 3.14. The van der Waals surface area contributed by atoms with Gasteiger partial charge in [-0.1, -0.05) is 51.5 Å². The van der Waals surface area contributed by atoms with Gasteiger partial charge < -0.3 is 0 Å². The van der Waals surface area contributed by atoms with Crippen molar-refractivity contribution in [3.8, 4) is 16.3 Å². The zero-order valence-electron chi connectivity index (χ0n) is 10.9. The molecule has 0 aliphatic carbocycles. The Morgan fingerprint density at radius 2 is 1.76 bits per heavy atom. The van der Waals surface area contributed by atoms with Crippen molar-refractivity contribution in [2.45, 2.75) is 0 Å².